The van der Waals surface area contributed by atoms with Gasteiger partial charge in [0.1, 0.15) is 11.6 Å². The third kappa shape index (κ3) is 3.43. The lowest BCUT2D eigenvalue weighted by Crippen LogP contribution is -2.04. The molecule has 2 aromatic rings. The number of halogens is 3. The lowest BCUT2D eigenvalue weighted by molar-refractivity contribution is 0.433. The maximum absolute atomic E-state index is 13.5. The van der Waals surface area contributed by atoms with Crippen molar-refractivity contribution < 1.29 is 13.5 Å². The third-order valence-corrected chi connectivity index (χ3v) is 2.79. The van der Waals surface area contributed by atoms with E-state index in [0.717, 1.165) is 17.7 Å². The fourth-order valence-corrected chi connectivity index (χ4v) is 1.87. The number of ether oxygens (including phenoxy) is 1. The van der Waals surface area contributed by atoms with Crippen molar-refractivity contribution in [2.24, 2.45) is 5.73 Å². The second kappa shape index (κ2) is 5.99. The fraction of sp³-hybridized carbons (Fsp3) is 0.143. The summed E-state index contributed by atoms with van der Waals surface area (Å²) in [6.07, 6.45) is 0.554. The first kappa shape index (κ1) is 13.8. The van der Waals surface area contributed by atoms with Crippen LogP contribution in [0, 0.1) is 11.6 Å². The van der Waals surface area contributed by atoms with E-state index < -0.39 is 11.6 Å². The van der Waals surface area contributed by atoms with Gasteiger partial charge in [0.15, 0.2) is 11.6 Å². The molecule has 0 aromatic heterocycles. The minimum atomic E-state index is -0.756. The molecule has 0 fully saturated rings. The van der Waals surface area contributed by atoms with Gasteiger partial charge in [-0.15, -0.1) is 0 Å². The van der Waals surface area contributed by atoms with Crippen LogP contribution in [-0.2, 0) is 6.42 Å². The second-order valence-corrected chi connectivity index (χ2v) is 4.40. The van der Waals surface area contributed by atoms with Crippen LogP contribution in [-0.4, -0.2) is 6.54 Å². The second-order valence-electron chi connectivity index (χ2n) is 3.97. The van der Waals surface area contributed by atoms with Crippen molar-refractivity contribution >= 4 is 11.6 Å². The van der Waals surface area contributed by atoms with E-state index in [9.17, 15) is 8.78 Å². The number of nitrogens with two attached hydrogens (primary N) is 1. The highest BCUT2D eigenvalue weighted by Gasteiger charge is 2.10. The molecule has 0 radical (unpaired) electrons. The van der Waals surface area contributed by atoms with Crippen LogP contribution >= 0.6 is 11.6 Å². The minimum Gasteiger partial charge on any atom is -0.454 e. The number of benzene rings is 2. The van der Waals surface area contributed by atoms with E-state index in [-0.39, 0.29) is 5.75 Å². The van der Waals surface area contributed by atoms with Gasteiger partial charge in [0.2, 0.25) is 0 Å². The van der Waals surface area contributed by atoms with Gasteiger partial charge in [-0.1, -0.05) is 11.6 Å². The molecule has 100 valence electrons. The first-order chi connectivity index (χ1) is 9.10. The summed E-state index contributed by atoms with van der Waals surface area (Å²) in [5.74, 6) is -0.987. The van der Waals surface area contributed by atoms with Crippen molar-refractivity contribution in [3.63, 3.8) is 0 Å². The standard InChI is InChI=1S/C14H12ClF2NO/c15-10-1-3-13(9(7-10)5-6-18)19-14-4-2-11(16)8-12(14)17/h1-4,7-8H,5-6,18H2. The van der Waals surface area contributed by atoms with Gasteiger partial charge in [-0.25, -0.2) is 8.78 Å². The molecule has 0 bridgehead atoms. The first-order valence-corrected chi connectivity index (χ1v) is 6.09. The van der Waals surface area contributed by atoms with E-state index >= 15 is 0 Å². The Labute approximate surface area is 114 Å². The molecular weight excluding hydrogens is 272 g/mol. The van der Waals surface area contributed by atoms with E-state index in [4.69, 9.17) is 22.1 Å². The van der Waals surface area contributed by atoms with Crippen LogP contribution in [0.2, 0.25) is 5.02 Å². The highest BCUT2D eigenvalue weighted by atomic mass is 35.5. The predicted molar refractivity (Wildman–Crippen MR) is 70.6 cm³/mol. The monoisotopic (exact) mass is 283 g/mol. The van der Waals surface area contributed by atoms with Crippen LogP contribution in [0.25, 0.3) is 0 Å². The summed E-state index contributed by atoms with van der Waals surface area (Å²) in [6.45, 7) is 0.419. The van der Waals surface area contributed by atoms with Crippen molar-refractivity contribution in [1.29, 1.82) is 0 Å². The average molecular weight is 284 g/mol. The van der Waals surface area contributed by atoms with Crippen LogP contribution in [0.15, 0.2) is 36.4 Å². The Morgan fingerprint density at radius 2 is 1.79 bits per heavy atom. The fourth-order valence-electron chi connectivity index (χ4n) is 1.67. The molecule has 0 heterocycles. The first-order valence-electron chi connectivity index (χ1n) is 5.71. The van der Waals surface area contributed by atoms with E-state index in [0.29, 0.717) is 23.7 Å². The smallest absolute Gasteiger partial charge is 0.168 e. The van der Waals surface area contributed by atoms with Crippen molar-refractivity contribution in [2.45, 2.75) is 6.42 Å². The lowest BCUT2D eigenvalue weighted by atomic mass is 10.1. The number of hydrogen-bond acceptors (Lipinski definition) is 2. The predicted octanol–water partition coefficient (Wildman–Crippen LogP) is 3.91. The molecule has 0 aliphatic carbocycles. The zero-order chi connectivity index (χ0) is 13.8. The molecule has 0 saturated heterocycles. The zero-order valence-electron chi connectivity index (χ0n) is 10.00. The van der Waals surface area contributed by atoms with Crippen LogP contribution in [0.3, 0.4) is 0 Å². The molecule has 0 aliphatic rings. The molecule has 0 aliphatic heterocycles. The Bertz CT molecular complexity index is 590. The number of hydrogen-bond donors (Lipinski definition) is 1. The van der Waals surface area contributed by atoms with Gasteiger partial charge in [-0.2, -0.15) is 0 Å². The Kier molecular flexibility index (Phi) is 4.35. The summed E-state index contributed by atoms with van der Waals surface area (Å²) in [7, 11) is 0. The van der Waals surface area contributed by atoms with Gasteiger partial charge < -0.3 is 10.5 Å². The van der Waals surface area contributed by atoms with Gasteiger partial charge in [-0.3, -0.25) is 0 Å². The molecule has 2 aromatic carbocycles. The van der Waals surface area contributed by atoms with Crippen molar-refractivity contribution in [2.75, 3.05) is 6.54 Å². The van der Waals surface area contributed by atoms with Gasteiger partial charge >= 0.3 is 0 Å². The Morgan fingerprint density at radius 1 is 1.05 bits per heavy atom. The third-order valence-electron chi connectivity index (χ3n) is 2.55. The topological polar surface area (TPSA) is 35.2 Å². The summed E-state index contributed by atoms with van der Waals surface area (Å²) in [5, 5.41) is 0.551. The van der Waals surface area contributed by atoms with Crippen molar-refractivity contribution in [3.8, 4) is 11.5 Å². The molecule has 0 atom stereocenters. The molecule has 2 rings (SSSR count). The summed E-state index contributed by atoms with van der Waals surface area (Å²) in [6, 6.07) is 8.13. The number of rotatable bonds is 4. The quantitative estimate of drug-likeness (QED) is 0.923. The minimum absolute atomic E-state index is 0.0398. The van der Waals surface area contributed by atoms with Crippen LogP contribution in [0.4, 0.5) is 8.78 Å². The lowest BCUT2D eigenvalue weighted by Gasteiger charge is -2.11. The Hall–Kier alpha value is -1.65. The van der Waals surface area contributed by atoms with Gasteiger partial charge in [0.25, 0.3) is 0 Å². The van der Waals surface area contributed by atoms with Gasteiger partial charge in [-0.05, 0) is 48.9 Å². The highest BCUT2D eigenvalue weighted by Crippen LogP contribution is 2.30. The van der Waals surface area contributed by atoms with Crippen LogP contribution in [0.1, 0.15) is 5.56 Å². The summed E-state index contributed by atoms with van der Waals surface area (Å²) in [4.78, 5) is 0. The van der Waals surface area contributed by atoms with Gasteiger partial charge in [0.05, 0.1) is 0 Å². The molecular formula is C14H12ClF2NO. The SMILES string of the molecule is NCCc1cc(Cl)ccc1Oc1ccc(F)cc1F. The maximum Gasteiger partial charge on any atom is 0.168 e. The van der Waals surface area contributed by atoms with E-state index in [2.05, 4.69) is 0 Å². The summed E-state index contributed by atoms with van der Waals surface area (Å²) < 4.78 is 31.8. The molecule has 19 heavy (non-hydrogen) atoms. The normalized spacial score (nSPS) is 10.5. The van der Waals surface area contributed by atoms with Crippen LogP contribution in [0.5, 0.6) is 11.5 Å². The molecule has 2 N–H and O–H groups in total. The highest BCUT2D eigenvalue weighted by molar-refractivity contribution is 6.30. The average Bonchev–Trinajstić information content (AvgIpc) is 2.36. The molecule has 0 amide bonds. The molecule has 0 spiro atoms. The Balaban J connectivity index is 2.32. The van der Waals surface area contributed by atoms with E-state index in [1.165, 1.54) is 6.07 Å². The van der Waals surface area contributed by atoms with Crippen molar-refractivity contribution in [3.05, 3.63) is 58.6 Å². The zero-order valence-corrected chi connectivity index (χ0v) is 10.8. The van der Waals surface area contributed by atoms with E-state index in [1.54, 1.807) is 18.2 Å². The molecule has 0 unspecified atom stereocenters. The summed E-state index contributed by atoms with van der Waals surface area (Å²) in [5.41, 5.74) is 6.28. The van der Waals surface area contributed by atoms with E-state index in [1.807, 2.05) is 0 Å². The van der Waals surface area contributed by atoms with Crippen molar-refractivity contribution in [1.82, 2.24) is 0 Å². The van der Waals surface area contributed by atoms with Gasteiger partial charge in [0, 0.05) is 11.1 Å². The largest absolute Gasteiger partial charge is 0.454 e. The molecule has 0 saturated carbocycles. The summed E-state index contributed by atoms with van der Waals surface area (Å²) >= 11 is 5.89. The molecule has 5 heteroatoms. The Morgan fingerprint density at radius 3 is 2.47 bits per heavy atom. The van der Waals surface area contributed by atoms with Crippen LogP contribution < -0.4 is 10.5 Å². The maximum atomic E-state index is 13.5. The molecule has 2 nitrogen and oxygen atoms in total.